The van der Waals surface area contributed by atoms with E-state index in [0.717, 1.165) is 27.4 Å². The third kappa shape index (κ3) is 1.79. The molecule has 102 valence electrons. The molecular weight excluding hydrogens is 264 g/mol. The summed E-state index contributed by atoms with van der Waals surface area (Å²) in [6, 6.07) is 13.7. The van der Waals surface area contributed by atoms with E-state index in [2.05, 4.69) is 15.2 Å². The van der Waals surface area contributed by atoms with Crippen LogP contribution in [0.15, 0.2) is 53.5 Å². The Morgan fingerprint density at radius 2 is 1.67 bits per heavy atom. The van der Waals surface area contributed by atoms with E-state index < -0.39 is 0 Å². The molecule has 0 spiro atoms. The van der Waals surface area contributed by atoms with Crippen LogP contribution in [0.3, 0.4) is 0 Å². The molecule has 5 nitrogen and oxygen atoms in total. The second-order valence-corrected chi connectivity index (χ2v) is 4.97. The van der Waals surface area contributed by atoms with Gasteiger partial charge in [-0.05, 0) is 40.8 Å². The quantitative estimate of drug-likeness (QED) is 0.499. The van der Waals surface area contributed by atoms with Crippen molar-refractivity contribution in [3.63, 3.8) is 0 Å². The van der Waals surface area contributed by atoms with Crippen LogP contribution in [0.25, 0.3) is 32.8 Å². The SMILES string of the molecule is Nc1nccc2ccc(-c3ccc4[nH][nH]c(=O)c4c3)cc12. The number of hydrogen-bond donors (Lipinski definition) is 3. The summed E-state index contributed by atoms with van der Waals surface area (Å²) in [7, 11) is 0. The highest BCUT2D eigenvalue weighted by atomic mass is 16.1. The van der Waals surface area contributed by atoms with Crippen molar-refractivity contribution in [3.8, 4) is 11.1 Å². The lowest BCUT2D eigenvalue weighted by Crippen LogP contribution is -1.97. The van der Waals surface area contributed by atoms with Crippen LogP contribution in [0.5, 0.6) is 0 Å². The van der Waals surface area contributed by atoms with Crippen molar-refractivity contribution in [1.29, 1.82) is 0 Å². The smallest absolute Gasteiger partial charge is 0.271 e. The Balaban J connectivity index is 1.97. The van der Waals surface area contributed by atoms with Gasteiger partial charge in [0.2, 0.25) is 0 Å². The van der Waals surface area contributed by atoms with Gasteiger partial charge in [-0.15, -0.1) is 0 Å². The molecule has 4 aromatic rings. The maximum Gasteiger partial charge on any atom is 0.271 e. The summed E-state index contributed by atoms with van der Waals surface area (Å²) in [4.78, 5) is 15.8. The van der Waals surface area contributed by atoms with E-state index in [0.29, 0.717) is 11.2 Å². The van der Waals surface area contributed by atoms with Gasteiger partial charge < -0.3 is 5.73 Å². The lowest BCUT2D eigenvalue weighted by Gasteiger charge is -2.05. The van der Waals surface area contributed by atoms with Crippen molar-refractivity contribution in [2.75, 3.05) is 5.73 Å². The molecule has 5 heteroatoms. The van der Waals surface area contributed by atoms with Crippen LogP contribution in [0.1, 0.15) is 0 Å². The highest BCUT2D eigenvalue weighted by molar-refractivity contribution is 5.95. The van der Waals surface area contributed by atoms with Crippen LogP contribution < -0.4 is 11.3 Å². The Hall–Kier alpha value is -3.08. The lowest BCUT2D eigenvalue weighted by molar-refractivity contribution is 1.08. The number of aromatic nitrogens is 3. The summed E-state index contributed by atoms with van der Waals surface area (Å²) < 4.78 is 0. The largest absolute Gasteiger partial charge is 0.383 e. The molecule has 0 saturated carbocycles. The Kier molecular flexibility index (Phi) is 2.35. The summed E-state index contributed by atoms with van der Waals surface area (Å²) in [5.41, 5.74) is 8.58. The fraction of sp³-hybridized carbons (Fsp3) is 0. The van der Waals surface area contributed by atoms with Gasteiger partial charge in [-0.3, -0.25) is 15.0 Å². The molecule has 0 amide bonds. The van der Waals surface area contributed by atoms with Gasteiger partial charge in [0.05, 0.1) is 10.9 Å². The molecule has 0 aliphatic rings. The van der Waals surface area contributed by atoms with Crippen molar-refractivity contribution in [3.05, 3.63) is 59.0 Å². The van der Waals surface area contributed by atoms with Crippen molar-refractivity contribution < 1.29 is 0 Å². The standard InChI is InChI=1S/C16H12N4O/c17-15-12-7-10(2-1-9(12)5-6-18-15)11-3-4-14-13(8-11)16(21)20-19-14/h1-8H,(H2,17,18)(H2,19,20,21). The zero-order valence-corrected chi connectivity index (χ0v) is 11.1. The average molecular weight is 276 g/mol. The highest BCUT2D eigenvalue weighted by Gasteiger charge is 2.06. The first-order valence-corrected chi connectivity index (χ1v) is 6.57. The van der Waals surface area contributed by atoms with E-state index in [-0.39, 0.29) is 5.56 Å². The molecule has 2 aromatic heterocycles. The van der Waals surface area contributed by atoms with Crippen LogP contribution >= 0.6 is 0 Å². The van der Waals surface area contributed by atoms with E-state index in [1.54, 1.807) is 6.20 Å². The van der Waals surface area contributed by atoms with Crippen LogP contribution in [0.2, 0.25) is 0 Å². The molecule has 0 bridgehead atoms. The molecule has 2 heterocycles. The Bertz CT molecular complexity index is 1030. The first kappa shape index (κ1) is 11.7. The van der Waals surface area contributed by atoms with Gasteiger partial charge in [-0.25, -0.2) is 4.98 Å². The number of aromatic amines is 2. The number of nitrogens with zero attached hydrogens (tertiary/aromatic N) is 1. The minimum absolute atomic E-state index is 0.117. The molecule has 21 heavy (non-hydrogen) atoms. The molecule has 4 rings (SSSR count). The summed E-state index contributed by atoms with van der Waals surface area (Å²) in [6.07, 6.45) is 1.70. The van der Waals surface area contributed by atoms with E-state index in [4.69, 9.17) is 5.73 Å². The molecule has 2 aromatic carbocycles. The molecule has 0 fully saturated rings. The monoisotopic (exact) mass is 276 g/mol. The summed E-state index contributed by atoms with van der Waals surface area (Å²) in [6.45, 7) is 0. The summed E-state index contributed by atoms with van der Waals surface area (Å²) in [5, 5.41) is 8.03. The second kappa shape index (κ2) is 4.21. The fourth-order valence-electron chi connectivity index (χ4n) is 2.58. The molecule has 0 aliphatic heterocycles. The Morgan fingerprint density at radius 3 is 2.52 bits per heavy atom. The molecule has 4 N–H and O–H groups in total. The predicted octanol–water partition coefficient (Wildman–Crippen LogP) is 2.65. The molecule has 0 unspecified atom stereocenters. The van der Waals surface area contributed by atoms with Crippen LogP contribution in [-0.2, 0) is 0 Å². The van der Waals surface area contributed by atoms with Gasteiger partial charge in [0, 0.05) is 11.6 Å². The van der Waals surface area contributed by atoms with Gasteiger partial charge >= 0.3 is 0 Å². The van der Waals surface area contributed by atoms with Crippen molar-refractivity contribution >= 4 is 27.5 Å². The predicted molar refractivity (Wildman–Crippen MR) is 84.1 cm³/mol. The van der Waals surface area contributed by atoms with Crippen LogP contribution in [0, 0.1) is 0 Å². The number of benzene rings is 2. The summed E-state index contributed by atoms with van der Waals surface area (Å²) >= 11 is 0. The number of nitrogens with two attached hydrogens (primary N) is 1. The van der Waals surface area contributed by atoms with Crippen LogP contribution in [-0.4, -0.2) is 15.2 Å². The normalized spacial score (nSPS) is 11.2. The van der Waals surface area contributed by atoms with E-state index in [1.165, 1.54) is 0 Å². The topological polar surface area (TPSA) is 87.6 Å². The minimum Gasteiger partial charge on any atom is -0.383 e. The molecule has 0 atom stereocenters. The third-order valence-electron chi connectivity index (χ3n) is 3.71. The Morgan fingerprint density at radius 1 is 0.905 bits per heavy atom. The average Bonchev–Trinajstić information content (AvgIpc) is 2.88. The van der Waals surface area contributed by atoms with Crippen molar-refractivity contribution in [1.82, 2.24) is 15.2 Å². The zero-order chi connectivity index (χ0) is 14.4. The zero-order valence-electron chi connectivity index (χ0n) is 11.1. The highest BCUT2D eigenvalue weighted by Crippen LogP contribution is 2.27. The van der Waals surface area contributed by atoms with Gasteiger partial charge in [0.1, 0.15) is 5.82 Å². The maximum atomic E-state index is 11.7. The Labute approximate surface area is 119 Å². The first-order chi connectivity index (χ1) is 10.2. The van der Waals surface area contributed by atoms with E-state index >= 15 is 0 Å². The minimum atomic E-state index is -0.117. The first-order valence-electron chi connectivity index (χ1n) is 6.57. The number of nitrogens with one attached hydrogen (secondary N) is 2. The number of pyridine rings is 1. The van der Waals surface area contributed by atoms with E-state index in [9.17, 15) is 4.79 Å². The maximum absolute atomic E-state index is 11.7. The number of rotatable bonds is 1. The van der Waals surface area contributed by atoms with E-state index in [1.807, 2.05) is 42.5 Å². The van der Waals surface area contributed by atoms with Gasteiger partial charge in [-0.1, -0.05) is 18.2 Å². The number of hydrogen-bond acceptors (Lipinski definition) is 3. The molecular formula is C16H12N4O. The van der Waals surface area contributed by atoms with Gasteiger partial charge in [-0.2, -0.15) is 0 Å². The molecule has 0 saturated heterocycles. The molecule has 0 aliphatic carbocycles. The van der Waals surface area contributed by atoms with Crippen molar-refractivity contribution in [2.45, 2.75) is 0 Å². The number of H-pyrrole nitrogens is 2. The van der Waals surface area contributed by atoms with Gasteiger partial charge in [0.15, 0.2) is 0 Å². The summed E-state index contributed by atoms with van der Waals surface area (Å²) in [5.74, 6) is 0.509. The lowest BCUT2D eigenvalue weighted by atomic mass is 10.0. The van der Waals surface area contributed by atoms with Crippen molar-refractivity contribution in [2.24, 2.45) is 0 Å². The second-order valence-electron chi connectivity index (χ2n) is 4.97. The fourth-order valence-corrected chi connectivity index (χ4v) is 2.58. The number of nitrogen functional groups attached to an aromatic ring is 1. The number of anilines is 1. The van der Waals surface area contributed by atoms with Gasteiger partial charge in [0.25, 0.3) is 5.56 Å². The van der Waals surface area contributed by atoms with Crippen LogP contribution in [0.4, 0.5) is 5.82 Å². The molecule has 0 radical (unpaired) electrons. The third-order valence-corrected chi connectivity index (χ3v) is 3.71. The number of fused-ring (bicyclic) bond motifs is 2.